The number of benzene rings is 1. The average Bonchev–Trinajstić information content (AvgIpc) is 3.52. The van der Waals surface area contributed by atoms with E-state index in [-0.39, 0.29) is 53.3 Å². The van der Waals surface area contributed by atoms with Gasteiger partial charge in [0.2, 0.25) is 5.43 Å². The van der Waals surface area contributed by atoms with Crippen molar-refractivity contribution in [2.45, 2.75) is 72.1 Å². The molecule has 2 fully saturated rings. The maximum absolute atomic E-state index is 16.1. The van der Waals surface area contributed by atoms with Crippen LogP contribution in [0, 0.1) is 24.5 Å². The lowest BCUT2D eigenvalue weighted by molar-refractivity contribution is 0.0495. The van der Waals surface area contributed by atoms with Crippen molar-refractivity contribution in [3.8, 4) is 0 Å². The monoisotopic (exact) mass is 505 g/mol. The second kappa shape index (κ2) is 9.37. The Balaban J connectivity index is 1.77. The number of esters is 1. The van der Waals surface area contributed by atoms with Crippen LogP contribution in [-0.2, 0) is 9.47 Å². The number of fused-ring (bicyclic) bond motifs is 1. The predicted octanol–water partition coefficient (Wildman–Crippen LogP) is 4.45. The van der Waals surface area contributed by atoms with Crippen molar-refractivity contribution in [2.24, 2.45) is 5.92 Å². The molecule has 0 bridgehead atoms. The zero-order valence-electron chi connectivity index (χ0n) is 21.5. The van der Waals surface area contributed by atoms with E-state index in [9.17, 15) is 14.4 Å². The number of carbonyl (C=O) groups is 2. The van der Waals surface area contributed by atoms with E-state index in [1.165, 1.54) is 0 Å². The van der Waals surface area contributed by atoms with Crippen LogP contribution in [0.1, 0.15) is 69.6 Å². The van der Waals surface area contributed by atoms with Crippen LogP contribution in [-0.4, -0.2) is 48.0 Å². The first-order chi connectivity index (χ1) is 16.8. The van der Waals surface area contributed by atoms with Crippen LogP contribution in [0.25, 0.3) is 10.9 Å². The number of ether oxygens (including phenoxy) is 2. The van der Waals surface area contributed by atoms with Crippen LogP contribution in [0.3, 0.4) is 0 Å². The maximum atomic E-state index is 16.1. The summed E-state index contributed by atoms with van der Waals surface area (Å²) in [4.78, 5) is 39.6. The molecule has 10 heteroatoms. The molecular formula is C26H33F2N3O5. The van der Waals surface area contributed by atoms with Crippen molar-refractivity contribution in [2.75, 3.05) is 24.6 Å². The lowest BCUT2D eigenvalue weighted by Crippen LogP contribution is -2.42. The number of hydrogen-bond donors (Lipinski definition) is 1. The molecular weight excluding hydrogens is 472 g/mol. The van der Waals surface area contributed by atoms with Gasteiger partial charge in [-0.2, -0.15) is 0 Å². The minimum absolute atomic E-state index is 0.0133. The highest BCUT2D eigenvalue weighted by Gasteiger charge is 2.37. The minimum atomic E-state index is -0.900. The fourth-order valence-electron chi connectivity index (χ4n) is 4.91. The molecule has 1 saturated heterocycles. The molecule has 1 aromatic carbocycles. The first-order valence-electron chi connectivity index (χ1n) is 12.3. The van der Waals surface area contributed by atoms with E-state index in [0.717, 1.165) is 18.9 Å². The predicted molar refractivity (Wildman–Crippen MR) is 132 cm³/mol. The molecule has 196 valence electrons. The molecule has 1 amide bonds. The van der Waals surface area contributed by atoms with Gasteiger partial charge in [-0.25, -0.2) is 18.4 Å². The van der Waals surface area contributed by atoms with E-state index in [1.807, 2.05) is 6.92 Å². The van der Waals surface area contributed by atoms with Crippen molar-refractivity contribution in [1.29, 1.82) is 0 Å². The first kappa shape index (κ1) is 25.9. The number of nitrogens with one attached hydrogen (secondary N) is 1. The van der Waals surface area contributed by atoms with Crippen LogP contribution in [0.4, 0.5) is 19.3 Å². The minimum Gasteiger partial charge on any atom is -0.462 e. The van der Waals surface area contributed by atoms with E-state index in [4.69, 9.17) is 9.47 Å². The second-order valence-electron chi connectivity index (χ2n) is 10.7. The van der Waals surface area contributed by atoms with Crippen LogP contribution in [0.2, 0.25) is 0 Å². The van der Waals surface area contributed by atoms with Gasteiger partial charge >= 0.3 is 12.1 Å². The molecule has 2 heterocycles. The molecule has 0 radical (unpaired) electrons. The molecule has 0 unspecified atom stereocenters. The number of carbonyl (C=O) groups excluding carboxylic acids is 2. The number of nitrogens with zero attached hydrogens (tertiary/aromatic N) is 2. The fraction of sp³-hybridized carbons (Fsp3) is 0.577. The Kier molecular flexibility index (Phi) is 6.74. The highest BCUT2D eigenvalue weighted by atomic mass is 19.1. The Labute approximate surface area is 208 Å². The number of rotatable bonds is 5. The standard InChI is InChI=1S/C26H33F2N3O5/c1-7-35-24(33)19-14(3)31(15-8-9-15)21-16(23(19)32)10-17(27)22(20(21)28)30-11-13(2)18(12-30)29-25(34)36-26(4,5)6/h10,13,15,18H,7-9,11-12H2,1-6H3,(H,29,34)/t13-,18-/m1/s1. The van der Waals surface area contributed by atoms with Gasteiger partial charge in [-0.15, -0.1) is 0 Å². The molecule has 1 aromatic heterocycles. The van der Waals surface area contributed by atoms with Gasteiger partial charge in [0, 0.05) is 24.8 Å². The molecule has 36 heavy (non-hydrogen) atoms. The molecule has 8 nitrogen and oxygen atoms in total. The van der Waals surface area contributed by atoms with Crippen molar-refractivity contribution in [1.82, 2.24) is 9.88 Å². The van der Waals surface area contributed by atoms with Crippen molar-refractivity contribution < 1.29 is 27.8 Å². The van der Waals surface area contributed by atoms with Crippen molar-refractivity contribution in [3.05, 3.63) is 39.2 Å². The topological polar surface area (TPSA) is 89.9 Å². The number of anilines is 1. The van der Waals surface area contributed by atoms with Gasteiger partial charge in [-0.1, -0.05) is 6.92 Å². The molecule has 0 spiro atoms. The number of pyridine rings is 1. The van der Waals surface area contributed by atoms with Crippen LogP contribution in [0.5, 0.6) is 0 Å². The summed E-state index contributed by atoms with van der Waals surface area (Å²) in [6.45, 7) is 10.9. The SMILES string of the molecule is CCOC(=O)c1c(C)n(C2CC2)c2c(F)c(N3C[C@@H](C)[C@H](NC(=O)OC(C)(C)C)C3)c(F)cc2c1=O. The van der Waals surface area contributed by atoms with Crippen molar-refractivity contribution in [3.63, 3.8) is 0 Å². The van der Waals surface area contributed by atoms with Crippen LogP contribution in [0.15, 0.2) is 10.9 Å². The Morgan fingerprint density at radius 1 is 1.19 bits per heavy atom. The molecule has 4 rings (SSSR count). The average molecular weight is 506 g/mol. The Bertz CT molecular complexity index is 1280. The van der Waals surface area contributed by atoms with E-state index >= 15 is 8.78 Å². The second-order valence-corrected chi connectivity index (χ2v) is 10.7. The van der Waals surface area contributed by atoms with Gasteiger partial charge in [0.1, 0.15) is 22.7 Å². The lowest BCUT2D eigenvalue weighted by Gasteiger charge is -2.24. The van der Waals surface area contributed by atoms with Gasteiger partial charge in [-0.3, -0.25) is 4.79 Å². The van der Waals surface area contributed by atoms with Gasteiger partial charge < -0.3 is 24.3 Å². The van der Waals surface area contributed by atoms with Gasteiger partial charge in [0.05, 0.1) is 23.6 Å². The quantitative estimate of drug-likeness (QED) is 0.604. The summed E-state index contributed by atoms with van der Waals surface area (Å²) in [6.07, 6.45) is 0.927. The molecule has 1 saturated carbocycles. The molecule has 1 aliphatic carbocycles. The normalized spacial score (nSPS) is 20.1. The zero-order chi connectivity index (χ0) is 26.5. The van der Waals surface area contributed by atoms with Crippen molar-refractivity contribution >= 4 is 28.7 Å². The molecule has 2 aromatic rings. The molecule has 2 aliphatic rings. The van der Waals surface area contributed by atoms with Gasteiger partial charge in [0.15, 0.2) is 5.82 Å². The smallest absolute Gasteiger partial charge is 0.407 e. The zero-order valence-corrected chi connectivity index (χ0v) is 21.5. The summed E-state index contributed by atoms with van der Waals surface area (Å²) in [5, 5.41) is 2.61. The van der Waals surface area contributed by atoms with Crippen LogP contribution < -0.4 is 15.6 Å². The van der Waals surface area contributed by atoms with E-state index in [0.29, 0.717) is 12.2 Å². The Morgan fingerprint density at radius 3 is 2.44 bits per heavy atom. The van der Waals surface area contributed by atoms with E-state index in [1.54, 1.807) is 44.1 Å². The van der Waals surface area contributed by atoms with Gasteiger partial charge in [-0.05, 0) is 59.4 Å². The number of amides is 1. The fourth-order valence-corrected chi connectivity index (χ4v) is 4.91. The lowest BCUT2D eigenvalue weighted by atomic mass is 10.1. The highest BCUT2D eigenvalue weighted by molar-refractivity contribution is 5.96. The van der Waals surface area contributed by atoms with Gasteiger partial charge in [0.25, 0.3) is 0 Å². The maximum Gasteiger partial charge on any atom is 0.407 e. The summed E-state index contributed by atoms with van der Waals surface area (Å²) in [7, 11) is 0. The number of aromatic nitrogens is 1. The number of halogens is 2. The third kappa shape index (κ3) is 4.77. The summed E-state index contributed by atoms with van der Waals surface area (Å²) >= 11 is 0. The summed E-state index contributed by atoms with van der Waals surface area (Å²) in [5.41, 5.74) is -1.57. The molecule has 2 atom stereocenters. The Hall–Kier alpha value is -3.17. The number of alkyl carbamates (subject to hydrolysis) is 1. The van der Waals surface area contributed by atoms with E-state index in [2.05, 4.69) is 5.32 Å². The van der Waals surface area contributed by atoms with E-state index < -0.39 is 34.7 Å². The molecule has 1 aliphatic heterocycles. The molecule has 1 N–H and O–H groups in total. The highest BCUT2D eigenvalue weighted by Crippen LogP contribution is 2.41. The first-order valence-corrected chi connectivity index (χ1v) is 12.3. The largest absolute Gasteiger partial charge is 0.462 e. The third-order valence-electron chi connectivity index (χ3n) is 6.63. The summed E-state index contributed by atoms with van der Waals surface area (Å²) in [6, 6.07) is 0.539. The third-order valence-corrected chi connectivity index (χ3v) is 6.63. The summed E-state index contributed by atoms with van der Waals surface area (Å²) in [5.74, 6) is -2.66. The van der Waals surface area contributed by atoms with Crippen LogP contribution >= 0.6 is 0 Å². The number of hydrogen-bond acceptors (Lipinski definition) is 6. The summed E-state index contributed by atoms with van der Waals surface area (Å²) < 4.78 is 43.6. The Morgan fingerprint density at radius 2 is 1.86 bits per heavy atom.